The summed E-state index contributed by atoms with van der Waals surface area (Å²) in [4.78, 5) is 15.3. The first-order valence-corrected chi connectivity index (χ1v) is 11.3. The Labute approximate surface area is 164 Å². The van der Waals surface area contributed by atoms with E-state index >= 15 is 0 Å². The van der Waals surface area contributed by atoms with Gasteiger partial charge in [-0.3, -0.25) is 4.79 Å². The fourth-order valence-corrected chi connectivity index (χ4v) is 4.30. The minimum atomic E-state index is -3.58. The number of nitrogens with one attached hydrogen (secondary N) is 1. The second kappa shape index (κ2) is 9.55. The van der Waals surface area contributed by atoms with Crippen LogP contribution in [0.25, 0.3) is 0 Å². The number of rotatable bonds is 9. The molecule has 0 aromatic heterocycles. The summed E-state index contributed by atoms with van der Waals surface area (Å²) in [5, 5.41) is 3.05. The number of hydrogen-bond acceptors (Lipinski definition) is 4. The number of carbonyl (C=O) groups excluding carboxylic acids is 1. The van der Waals surface area contributed by atoms with Crippen molar-refractivity contribution in [2.45, 2.75) is 63.3 Å². The Kier molecular flexibility index (Phi) is 7.68. The summed E-state index contributed by atoms with van der Waals surface area (Å²) in [6.45, 7) is 5.95. The highest BCUT2D eigenvalue weighted by atomic mass is 32.2. The highest BCUT2D eigenvalue weighted by Gasteiger charge is 2.25. The molecular weight excluding hydrogens is 362 g/mol. The second-order valence-electron chi connectivity index (χ2n) is 7.53. The molecule has 152 valence electrons. The van der Waals surface area contributed by atoms with Crippen LogP contribution < -0.4 is 10.2 Å². The number of nitrogens with zero attached hydrogens (tertiary/aromatic N) is 2. The molecule has 1 fully saturated rings. The molecule has 7 heteroatoms. The Morgan fingerprint density at radius 3 is 2.48 bits per heavy atom. The minimum absolute atomic E-state index is 0.0598. The average molecular weight is 396 g/mol. The molecule has 1 aliphatic rings. The normalized spacial score (nSPS) is 16.0. The van der Waals surface area contributed by atoms with Crippen molar-refractivity contribution in [1.82, 2.24) is 9.62 Å². The largest absolute Gasteiger partial charge is 0.371 e. The van der Waals surface area contributed by atoms with Crippen molar-refractivity contribution < 1.29 is 13.2 Å². The average Bonchev–Trinajstić information content (AvgIpc) is 3.15. The van der Waals surface area contributed by atoms with Crippen molar-refractivity contribution in [3.05, 3.63) is 23.8 Å². The molecule has 0 bridgehead atoms. The van der Waals surface area contributed by atoms with Crippen molar-refractivity contribution in [2.75, 3.05) is 32.1 Å². The van der Waals surface area contributed by atoms with Gasteiger partial charge in [0.05, 0.1) is 10.5 Å². The van der Waals surface area contributed by atoms with E-state index in [1.807, 2.05) is 6.92 Å². The number of carbonyl (C=O) groups is 1. The number of hydrogen-bond donors (Lipinski definition) is 1. The summed E-state index contributed by atoms with van der Waals surface area (Å²) in [6.07, 6.45) is 6.47. The first kappa shape index (κ1) is 21.7. The lowest BCUT2D eigenvalue weighted by Crippen LogP contribution is -2.34. The van der Waals surface area contributed by atoms with Crippen LogP contribution in [0.5, 0.6) is 0 Å². The van der Waals surface area contributed by atoms with E-state index in [4.69, 9.17) is 0 Å². The van der Waals surface area contributed by atoms with E-state index in [0.29, 0.717) is 5.56 Å². The maximum absolute atomic E-state index is 13.0. The highest BCUT2D eigenvalue weighted by molar-refractivity contribution is 7.89. The molecule has 0 spiro atoms. The molecule has 1 saturated heterocycles. The second-order valence-corrected chi connectivity index (χ2v) is 9.68. The van der Waals surface area contributed by atoms with Crippen LogP contribution >= 0.6 is 0 Å². The van der Waals surface area contributed by atoms with Crippen LogP contribution in [-0.4, -0.2) is 51.9 Å². The van der Waals surface area contributed by atoms with Gasteiger partial charge in [-0.15, -0.1) is 0 Å². The summed E-state index contributed by atoms with van der Waals surface area (Å²) >= 11 is 0. The van der Waals surface area contributed by atoms with Crippen LogP contribution in [-0.2, 0) is 10.0 Å². The maximum Gasteiger partial charge on any atom is 0.253 e. The number of anilines is 1. The van der Waals surface area contributed by atoms with Gasteiger partial charge in [-0.05, 0) is 44.4 Å². The third-order valence-electron chi connectivity index (χ3n) is 5.06. The molecule has 1 aromatic rings. The van der Waals surface area contributed by atoms with Crippen LogP contribution in [0.4, 0.5) is 5.69 Å². The Balaban J connectivity index is 2.30. The van der Waals surface area contributed by atoms with Gasteiger partial charge in [0.15, 0.2) is 0 Å². The van der Waals surface area contributed by atoms with Crippen molar-refractivity contribution in [3.63, 3.8) is 0 Å². The van der Waals surface area contributed by atoms with Gasteiger partial charge >= 0.3 is 0 Å². The Morgan fingerprint density at radius 2 is 1.89 bits per heavy atom. The maximum atomic E-state index is 13.0. The molecule has 2 rings (SSSR count). The standard InChI is InChI=1S/C20H33N3O3S/c1-5-6-7-10-16(2)21-20(24)18-15-17(27(25,26)22(3)4)11-12-19(18)23-13-8-9-14-23/h11-12,15-16H,5-10,13-14H2,1-4H3,(H,21,24). The van der Waals surface area contributed by atoms with Crippen molar-refractivity contribution in [1.29, 1.82) is 0 Å². The van der Waals surface area contributed by atoms with Gasteiger partial charge in [0.25, 0.3) is 5.91 Å². The van der Waals surface area contributed by atoms with E-state index in [1.165, 1.54) is 24.5 Å². The quantitative estimate of drug-likeness (QED) is 0.652. The smallest absolute Gasteiger partial charge is 0.253 e. The summed E-state index contributed by atoms with van der Waals surface area (Å²) < 4.78 is 26.2. The third-order valence-corrected chi connectivity index (χ3v) is 6.87. The molecular formula is C20H33N3O3S. The number of amides is 1. The number of sulfonamides is 1. The minimum Gasteiger partial charge on any atom is -0.371 e. The van der Waals surface area contributed by atoms with Crippen molar-refractivity contribution >= 4 is 21.6 Å². The van der Waals surface area contributed by atoms with Gasteiger partial charge in [0, 0.05) is 38.9 Å². The lowest BCUT2D eigenvalue weighted by Gasteiger charge is -2.23. The van der Waals surface area contributed by atoms with Crippen LogP contribution in [0.3, 0.4) is 0 Å². The van der Waals surface area contributed by atoms with Gasteiger partial charge in [0.2, 0.25) is 10.0 Å². The van der Waals surface area contributed by atoms with Gasteiger partial charge in [-0.2, -0.15) is 0 Å². The van der Waals surface area contributed by atoms with Gasteiger partial charge < -0.3 is 10.2 Å². The Bertz CT molecular complexity index is 741. The van der Waals surface area contributed by atoms with Crippen LogP contribution in [0, 0.1) is 0 Å². The van der Waals surface area contributed by atoms with E-state index in [2.05, 4.69) is 17.1 Å². The SMILES string of the molecule is CCCCCC(C)NC(=O)c1cc(S(=O)(=O)N(C)C)ccc1N1CCCC1. The molecule has 1 N–H and O–H groups in total. The van der Waals surface area contributed by atoms with Crippen LogP contribution in [0.1, 0.15) is 62.7 Å². The van der Waals surface area contributed by atoms with Crippen LogP contribution in [0.2, 0.25) is 0 Å². The monoisotopic (exact) mass is 395 g/mol. The van der Waals surface area contributed by atoms with Gasteiger partial charge in [-0.1, -0.05) is 26.2 Å². The summed E-state index contributed by atoms with van der Waals surface area (Å²) in [5.74, 6) is -0.197. The molecule has 1 unspecified atom stereocenters. The highest BCUT2D eigenvalue weighted by Crippen LogP contribution is 2.28. The third kappa shape index (κ3) is 5.45. The fourth-order valence-electron chi connectivity index (χ4n) is 3.38. The first-order valence-electron chi connectivity index (χ1n) is 9.89. The number of unbranched alkanes of at least 4 members (excludes halogenated alkanes) is 2. The molecule has 27 heavy (non-hydrogen) atoms. The summed E-state index contributed by atoms with van der Waals surface area (Å²) in [7, 11) is -0.586. The molecule has 1 heterocycles. The van der Waals surface area contributed by atoms with E-state index < -0.39 is 10.0 Å². The Hall–Kier alpha value is -1.60. The molecule has 1 atom stereocenters. The zero-order chi connectivity index (χ0) is 20.0. The molecule has 0 radical (unpaired) electrons. The van der Waals surface area contributed by atoms with E-state index in [9.17, 15) is 13.2 Å². The van der Waals surface area contributed by atoms with E-state index in [-0.39, 0.29) is 16.8 Å². The predicted molar refractivity (Wildman–Crippen MR) is 110 cm³/mol. The molecule has 1 amide bonds. The van der Waals surface area contributed by atoms with Gasteiger partial charge in [-0.25, -0.2) is 12.7 Å². The molecule has 1 aliphatic heterocycles. The molecule has 6 nitrogen and oxygen atoms in total. The fraction of sp³-hybridized carbons (Fsp3) is 0.650. The van der Waals surface area contributed by atoms with E-state index in [0.717, 1.165) is 57.3 Å². The zero-order valence-corrected chi connectivity index (χ0v) is 17.8. The van der Waals surface area contributed by atoms with Crippen molar-refractivity contribution in [3.8, 4) is 0 Å². The molecule has 0 saturated carbocycles. The van der Waals surface area contributed by atoms with Crippen molar-refractivity contribution in [2.24, 2.45) is 0 Å². The van der Waals surface area contributed by atoms with Gasteiger partial charge in [0.1, 0.15) is 0 Å². The summed E-state index contributed by atoms with van der Waals surface area (Å²) in [6, 6.07) is 4.96. The molecule has 0 aliphatic carbocycles. The predicted octanol–water partition coefficient (Wildman–Crippen LogP) is 3.24. The topological polar surface area (TPSA) is 69.7 Å². The van der Waals surface area contributed by atoms with Crippen LogP contribution in [0.15, 0.2) is 23.1 Å². The number of benzene rings is 1. The first-order chi connectivity index (χ1) is 12.8. The summed E-state index contributed by atoms with van der Waals surface area (Å²) in [5.41, 5.74) is 1.27. The lowest BCUT2D eigenvalue weighted by molar-refractivity contribution is 0.0938. The van der Waals surface area contributed by atoms with E-state index in [1.54, 1.807) is 12.1 Å². The Morgan fingerprint density at radius 1 is 1.22 bits per heavy atom. The zero-order valence-electron chi connectivity index (χ0n) is 17.0. The lowest BCUT2D eigenvalue weighted by atomic mass is 10.1. The molecule has 1 aromatic carbocycles.